The van der Waals surface area contributed by atoms with E-state index in [1.54, 1.807) is 20.1 Å². The lowest BCUT2D eigenvalue weighted by molar-refractivity contribution is 0.173. The molecule has 0 fully saturated rings. The molecule has 1 aromatic rings. The van der Waals surface area contributed by atoms with Crippen LogP contribution in [0.4, 0.5) is 0 Å². The number of sulfonamides is 1. The van der Waals surface area contributed by atoms with Crippen molar-refractivity contribution in [3.05, 3.63) is 29.3 Å². The van der Waals surface area contributed by atoms with E-state index in [1.807, 2.05) is 26.1 Å². The van der Waals surface area contributed by atoms with Gasteiger partial charge in [0, 0.05) is 19.7 Å². The Kier molecular flexibility index (Phi) is 6.61. The topological polar surface area (TPSA) is 67.4 Å². The fourth-order valence-electron chi connectivity index (χ4n) is 1.97. The number of benzene rings is 1. The molecule has 0 aliphatic rings. The van der Waals surface area contributed by atoms with E-state index in [9.17, 15) is 8.42 Å². The highest BCUT2D eigenvalue weighted by Gasteiger charge is 2.21. The summed E-state index contributed by atoms with van der Waals surface area (Å²) >= 11 is 0. The molecule has 0 bridgehead atoms. The first-order valence-electron chi connectivity index (χ1n) is 6.70. The van der Waals surface area contributed by atoms with Crippen molar-refractivity contribution in [3.63, 3.8) is 0 Å². The van der Waals surface area contributed by atoms with Crippen LogP contribution < -0.4 is 10.0 Å². The Morgan fingerprint density at radius 2 is 2.05 bits per heavy atom. The van der Waals surface area contributed by atoms with Gasteiger partial charge in [-0.05, 0) is 37.6 Å². The van der Waals surface area contributed by atoms with Crippen LogP contribution in [0.25, 0.3) is 0 Å². The van der Waals surface area contributed by atoms with E-state index in [1.165, 1.54) is 0 Å². The zero-order chi connectivity index (χ0) is 15.2. The number of nitrogens with one attached hydrogen (secondary N) is 2. The molecule has 0 saturated heterocycles. The maximum absolute atomic E-state index is 12.5. The lowest BCUT2D eigenvalue weighted by Gasteiger charge is -2.17. The number of methoxy groups -OCH3 is 1. The zero-order valence-corrected chi connectivity index (χ0v) is 13.4. The Labute approximate surface area is 121 Å². The predicted molar refractivity (Wildman–Crippen MR) is 80.2 cm³/mol. The zero-order valence-electron chi connectivity index (χ0n) is 12.6. The van der Waals surface area contributed by atoms with Crippen LogP contribution in [0.2, 0.25) is 0 Å². The van der Waals surface area contributed by atoms with Crippen LogP contribution >= 0.6 is 0 Å². The summed E-state index contributed by atoms with van der Waals surface area (Å²) in [4.78, 5) is 0.333. The number of aryl methyl sites for hydroxylation is 1. The first-order valence-corrected chi connectivity index (χ1v) is 8.18. The minimum absolute atomic E-state index is 0.211. The number of hydrogen-bond donors (Lipinski definition) is 2. The van der Waals surface area contributed by atoms with Gasteiger partial charge in [-0.2, -0.15) is 0 Å². The summed E-state index contributed by atoms with van der Waals surface area (Å²) in [5.74, 6) is 0. The maximum atomic E-state index is 12.5. The van der Waals surface area contributed by atoms with Crippen LogP contribution in [-0.4, -0.2) is 35.2 Å². The molecular weight excluding hydrogens is 276 g/mol. The monoisotopic (exact) mass is 300 g/mol. The summed E-state index contributed by atoms with van der Waals surface area (Å²) in [6.07, 6.45) is 0.683. The van der Waals surface area contributed by atoms with Gasteiger partial charge < -0.3 is 10.1 Å². The van der Waals surface area contributed by atoms with Crippen molar-refractivity contribution in [1.29, 1.82) is 0 Å². The summed E-state index contributed by atoms with van der Waals surface area (Å²) in [5.41, 5.74) is 1.68. The van der Waals surface area contributed by atoms with Crippen molar-refractivity contribution in [2.45, 2.75) is 37.8 Å². The molecule has 0 amide bonds. The third-order valence-electron chi connectivity index (χ3n) is 3.11. The van der Waals surface area contributed by atoms with Crippen molar-refractivity contribution < 1.29 is 13.2 Å². The number of ether oxygens (including phenoxy) is 1. The van der Waals surface area contributed by atoms with Crippen LogP contribution in [0.5, 0.6) is 0 Å². The predicted octanol–water partition coefficient (Wildman–Crippen LogP) is 1.42. The largest absolute Gasteiger partial charge is 0.383 e. The van der Waals surface area contributed by atoms with Gasteiger partial charge in [0.25, 0.3) is 0 Å². The molecule has 0 heterocycles. The molecule has 2 N–H and O–H groups in total. The van der Waals surface area contributed by atoms with Gasteiger partial charge >= 0.3 is 0 Å². The van der Waals surface area contributed by atoms with Gasteiger partial charge in [0.15, 0.2) is 0 Å². The average Bonchev–Trinajstić information content (AvgIpc) is 2.40. The van der Waals surface area contributed by atoms with Gasteiger partial charge in [0.05, 0.1) is 11.5 Å². The minimum atomic E-state index is -3.52. The van der Waals surface area contributed by atoms with Crippen molar-refractivity contribution in [3.8, 4) is 0 Å². The van der Waals surface area contributed by atoms with E-state index in [-0.39, 0.29) is 6.04 Å². The molecular formula is C14H24N2O3S. The summed E-state index contributed by atoms with van der Waals surface area (Å²) in [6, 6.07) is 5.26. The molecule has 0 aliphatic carbocycles. The first-order chi connectivity index (χ1) is 9.44. The van der Waals surface area contributed by atoms with E-state index in [4.69, 9.17) is 4.74 Å². The Hall–Kier alpha value is -0.950. The molecule has 5 nitrogen and oxygen atoms in total. The van der Waals surface area contributed by atoms with Gasteiger partial charge in [0.2, 0.25) is 10.0 Å². The highest BCUT2D eigenvalue weighted by Crippen LogP contribution is 2.17. The van der Waals surface area contributed by atoms with Gasteiger partial charge in [-0.3, -0.25) is 0 Å². The lowest BCUT2D eigenvalue weighted by Crippen LogP contribution is -2.37. The van der Waals surface area contributed by atoms with Gasteiger partial charge in [-0.1, -0.05) is 19.1 Å². The summed E-state index contributed by atoms with van der Waals surface area (Å²) in [5, 5.41) is 3.02. The van der Waals surface area contributed by atoms with Crippen LogP contribution in [0.3, 0.4) is 0 Å². The third kappa shape index (κ3) is 4.56. The molecule has 1 atom stereocenters. The third-order valence-corrected chi connectivity index (χ3v) is 4.77. The van der Waals surface area contributed by atoms with Crippen molar-refractivity contribution in [2.75, 3.05) is 20.8 Å². The molecule has 0 spiro atoms. The lowest BCUT2D eigenvalue weighted by atomic mass is 10.1. The molecule has 0 aromatic heterocycles. The molecule has 20 heavy (non-hydrogen) atoms. The van der Waals surface area contributed by atoms with E-state index in [0.29, 0.717) is 24.5 Å². The fourth-order valence-corrected chi connectivity index (χ4v) is 3.57. The average molecular weight is 300 g/mol. The number of rotatable bonds is 8. The molecule has 1 unspecified atom stereocenters. The highest BCUT2D eigenvalue weighted by molar-refractivity contribution is 7.89. The maximum Gasteiger partial charge on any atom is 0.241 e. The standard InChI is InChI=1S/C14H24N2O3S/c1-5-13(10-19-4)16-20(17,18)14-8-12(9-15-3)7-6-11(14)2/h6-8,13,15-16H,5,9-10H2,1-4H3. The van der Waals surface area contributed by atoms with Crippen molar-refractivity contribution in [1.82, 2.24) is 10.0 Å². The van der Waals surface area contributed by atoms with Crippen LogP contribution in [0.15, 0.2) is 23.1 Å². The molecule has 0 radical (unpaired) electrons. The van der Waals surface area contributed by atoms with Crippen LogP contribution in [0, 0.1) is 6.92 Å². The van der Waals surface area contributed by atoms with E-state index < -0.39 is 10.0 Å². The normalized spacial score (nSPS) is 13.4. The van der Waals surface area contributed by atoms with E-state index in [0.717, 1.165) is 11.1 Å². The summed E-state index contributed by atoms with van der Waals surface area (Å²) in [7, 11) is -0.126. The van der Waals surface area contributed by atoms with Gasteiger partial charge in [-0.15, -0.1) is 0 Å². The van der Waals surface area contributed by atoms with E-state index in [2.05, 4.69) is 10.0 Å². The Balaban J connectivity index is 3.04. The minimum Gasteiger partial charge on any atom is -0.383 e. The molecule has 0 aliphatic heterocycles. The second-order valence-corrected chi connectivity index (χ2v) is 6.49. The Morgan fingerprint density at radius 1 is 1.35 bits per heavy atom. The molecule has 0 saturated carbocycles. The Bertz CT molecular complexity index is 529. The van der Waals surface area contributed by atoms with E-state index >= 15 is 0 Å². The fraction of sp³-hybridized carbons (Fsp3) is 0.571. The van der Waals surface area contributed by atoms with Gasteiger partial charge in [-0.25, -0.2) is 13.1 Å². The van der Waals surface area contributed by atoms with Gasteiger partial charge in [0.1, 0.15) is 0 Å². The van der Waals surface area contributed by atoms with Crippen molar-refractivity contribution >= 4 is 10.0 Å². The van der Waals surface area contributed by atoms with Crippen molar-refractivity contribution in [2.24, 2.45) is 0 Å². The smallest absolute Gasteiger partial charge is 0.241 e. The second kappa shape index (κ2) is 7.73. The summed E-state index contributed by atoms with van der Waals surface area (Å²) in [6.45, 7) is 4.73. The van der Waals surface area contributed by atoms with Crippen LogP contribution in [0.1, 0.15) is 24.5 Å². The summed E-state index contributed by atoms with van der Waals surface area (Å²) < 4.78 is 32.7. The first kappa shape index (κ1) is 17.1. The molecule has 114 valence electrons. The Morgan fingerprint density at radius 3 is 2.60 bits per heavy atom. The second-order valence-electron chi connectivity index (χ2n) is 4.81. The van der Waals surface area contributed by atoms with Crippen LogP contribution in [-0.2, 0) is 21.3 Å². The quantitative estimate of drug-likeness (QED) is 0.762. The molecule has 1 aromatic carbocycles. The molecule has 6 heteroatoms. The SMILES string of the molecule is CCC(COC)NS(=O)(=O)c1cc(CNC)ccc1C. The molecule has 1 rings (SSSR count). The highest BCUT2D eigenvalue weighted by atomic mass is 32.2. The number of hydrogen-bond acceptors (Lipinski definition) is 4.